The van der Waals surface area contributed by atoms with Gasteiger partial charge < -0.3 is 10.1 Å². The van der Waals surface area contributed by atoms with E-state index in [0.717, 1.165) is 18.6 Å². The molecule has 0 radical (unpaired) electrons. The summed E-state index contributed by atoms with van der Waals surface area (Å²) in [5.74, 6) is 0.795. The number of nitrogens with one attached hydrogen (secondary N) is 1. The van der Waals surface area contributed by atoms with Gasteiger partial charge in [-0.2, -0.15) is 0 Å². The van der Waals surface area contributed by atoms with Gasteiger partial charge in [-0.25, -0.2) is 0 Å². The summed E-state index contributed by atoms with van der Waals surface area (Å²) in [4.78, 5) is 0. The molecular formula is C11H13Cl2NO. The van der Waals surface area contributed by atoms with Gasteiger partial charge >= 0.3 is 0 Å². The van der Waals surface area contributed by atoms with Crippen LogP contribution in [0.3, 0.4) is 0 Å². The molecule has 1 N–H and O–H groups in total. The van der Waals surface area contributed by atoms with Crippen LogP contribution in [-0.4, -0.2) is 19.2 Å². The van der Waals surface area contributed by atoms with Gasteiger partial charge in [-0.3, -0.25) is 0 Å². The Balaban J connectivity index is 1.92. The summed E-state index contributed by atoms with van der Waals surface area (Å²) in [6.07, 6.45) is 2.41. The summed E-state index contributed by atoms with van der Waals surface area (Å²) in [5.41, 5.74) is 0. The Morgan fingerprint density at radius 2 is 2.00 bits per heavy atom. The van der Waals surface area contributed by atoms with Gasteiger partial charge in [0.05, 0.1) is 10.0 Å². The Hall–Kier alpha value is -0.440. The van der Waals surface area contributed by atoms with E-state index in [4.69, 9.17) is 27.9 Å². The second-order valence-corrected chi connectivity index (χ2v) is 4.59. The lowest BCUT2D eigenvalue weighted by molar-refractivity contribution is 0.0885. The van der Waals surface area contributed by atoms with Gasteiger partial charge in [-0.1, -0.05) is 23.2 Å². The standard InChI is InChI=1S/C11H13Cl2NO/c1-14-7-4-9(5-7)15-8-2-3-10(12)11(13)6-8/h2-3,6-7,9,14H,4-5H2,1H3. The third kappa shape index (κ3) is 2.57. The molecule has 0 spiro atoms. The predicted octanol–water partition coefficient (Wildman–Crippen LogP) is 3.12. The van der Waals surface area contributed by atoms with Crippen LogP contribution in [0.25, 0.3) is 0 Å². The zero-order chi connectivity index (χ0) is 10.8. The van der Waals surface area contributed by atoms with Crippen LogP contribution in [0.1, 0.15) is 12.8 Å². The smallest absolute Gasteiger partial charge is 0.121 e. The molecule has 1 aromatic carbocycles. The van der Waals surface area contributed by atoms with Crippen LogP contribution < -0.4 is 10.1 Å². The fourth-order valence-corrected chi connectivity index (χ4v) is 1.93. The van der Waals surface area contributed by atoms with E-state index >= 15 is 0 Å². The molecule has 0 bridgehead atoms. The normalized spacial score (nSPS) is 24.7. The van der Waals surface area contributed by atoms with Crippen molar-refractivity contribution in [2.75, 3.05) is 7.05 Å². The highest BCUT2D eigenvalue weighted by Gasteiger charge is 2.29. The van der Waals surface area contributed by atoms with Crippen LogP contribution >= 0.6 is 23.2 Å². The second-order valence-electron chi connectivity index (χ2n) is 3.77. The van der Waals surface area contributed by atoms with Gasteiger partial charge in [0.25, 0.3) is 0 Å². The fourth-order valence-electron chi connectivity index (χ4n) is 1.64. The first-order chi connectivity index (χ1) is 7.19. The Kier molecular flexibility index (Phi) is 3.39. The Labute approximate surface area is 99.5 Å². The number of rotatable bonds is 3. The molecule has 1 saturated carbocycles. The van der Waals surface area contributed by atoms with Crippen molar-refractivity contribution < 1.29 is 4.74 Å². The summed E-state index contributed by atoms with van der Waals surface area (Å²) >= 11 is 11.7. The van der Waals surface area contributed by atoms with E-state index in [1.54, 1.807) is 12.1 Å². The average Bonchev–Trinajstić information content (AvgIpc) is 2.16. The van der Waals surface area contributed by atoms with E-state index in [-0.39, 0.29) is 0 Å². The van der Waals surface area contributed by atoms with Gasteiger partial charge in [-0.05, 0) is 32.0 Å². The van der Waals surface area contributed by atoms with Crippen LogP contribution in [-0.2, 0) is 0 Å². The first-order valence-corrected chi connectivity index (χ1v) is 5.73. The molecule has 0 heterocycles. The lowest BCUT2D eigenvalue weighted by Crippen LogP contribution is -2.45. The monoisotopic (exact) mass is 245 g/mol. The molecule has 0 aliphatic heterocycles. The van der Waals surface area contributed by atoms with Crippen molar-refractivity contribution >= 4 is 23.2 Å². The quantitative estimate of drug-likeness (QED) is 0.884. The Bertz CT molecular complexity index is 350. The molecule has 1 aromatic rings. The van der Waals surface area contributed by atoms with Crippen LogP contribution in [0.15, 0.2) is 18.2 Å². The van der Waals surface area contributed by atoms with Crippen LogP contribution in [0.4, 0.5) is 0 Å². The van der Waals surface area contributed by atoms with Gasteiger partial charge in [0.2, 0.25) is 0 Å². The summed E-state index contributed by atoms with van der Waals surface area (Å²) in [7, 11) is 1.97. The maximum atomic E-state index is 5.89. The van der Waals surface area contributed by atoms with Crippen LogP contribution in [0.5, 0.6) is 5.75 Å². The number of benzene rings is 1. The average molecular weight is 246 g/mol. The molecule has 15 heavy (non-hydrogen) atoms. The largest absolute Gasteiger partial charge is 0.490 e. The molecule has 0 saturated heterocycles. The Morgan fingerprint density at radius 1 is 1.27 bits per heavy atom. The molecule has 82 valence electrons. The van der Waals surface area contributed by atoms with Crippen molar-refractivity contribution in [1.82, 2.24) is 5.32 Å². The highest BCUT2D eigenvalue weighted by Crippen LogP contribution is 2.30. The third-order valence-corrected chi connectivity index (χ3v) is 3.44. The molecule has 2 nitrogen and oxygen atoms in total. The van der Waals surface area contributed by atoms with Gasteiger partial charge in [0.15, 0.2) is 0 Å². The molecule has 0 aromatic heterocycles. The molecule has 0 atom stereocenters. The summed E-state index contributed by atoms with van der Waals surface area (Å²) in [6, 6.07) is 5.96. The summed E-state index contributed by atoms with van der Waals surface area (Å²) in [5, 5.41) is 4.31. The van der Waals surface area contributed by atoms with Crippen molar-refractivity contribution in [3.8, 4) is 5.75 Å². The van der Waals surface area contributed by atoms with Gasteiger partial charge in [0, 0.05) is 12.1 Å². The van der Waals surface area contributed by atoms with Crippen molar-refractivity contribution in [2.45, 2.75) is 25.0 Å². The zero-order valence-corrected chi connectivity index (χ0v) is 9.98. The minimum atomic E-state index is 0.305. The molecule has 2 rings (SSSR count). The first-order valence-electron chi connectivity index (χ1n) is 4.98. The highest BCUT2D eigenvalue weighted by atomic mass is 35.5. The topological polar surface area (TPSA) is 21.3 Å². The summed E-state index contributed by atoms with van der Waals surface area (Å²) < 4.78 is 5.74. The summed E-state index contributed by atoms with van der Waals surface area (Å²) in [6.45, 7) is 0. The predicted molar refractivity (Wildman–Crippen MR) is 63.0 cm³/mol. The zero-order valence-electron chi connectivity index (χ0n) is 8.47. The Morgan fingerprint density at radius 3 is 2.60 bits per heavy atom. The third-order valence-electron chi connectivity index (χ3n) is 2.70. The van der Waals surface area contributed by atoms with Gasteiger partial charge in [0.1, 0.15) is 11.9 Å². The molecule has 0 amide bonds. The maximum Gasteiger partial charge on any atom is 0.121 e. The van der Waals surface area contributed by atoms with E-state index in [2.05, 4.69) is 5.32 Å². The minimum absolute atomic E-state index is 0.305. The molecule has 1 aliphatic carbocycles. The van der Waals surface area contributed by atoms with Crippen molar-refractivity contribution in [2.24, 2.45) is 0 Å². The number of ether oxygens (including phenoxy) is 1. The molecule has 0 unspecified atom stereocenters. The number of hydrogen-bond acceptors (Lipinski definition) is 2. The molecular weight excluding hydrogens is 233 g/mol. The SMILES string of the molecule is CNC1CC(Oc2ccc(Cl)c(Cl)c2)C1. The molecule has 1 aliphatic rings. The lowest BCUT2D eigenvalue weighted by Gasteiger charge is -2.35. The first kappa shape index (κ1) is 11.1. The van der Waals surface area contributed by atoms with Crippen molar-refractivity contribution in [1.29, 1.82) is 0 Å². The molecule has 1 fully saturated rings. The second kappa shape index (κ2) is 4.60. The van der Waals surface area contributed by atoms with Gasteiger partial charge in [-0.15, -0.1) is 0 Å². The van der Waals surface area contributed by atoms with E-state index < -0.39 is 0 Å². The fraction of sp³-hybridized carbons (Fsp3) is 0.455. The molecule has 4 heteroatoms. The van der Waals surface area contributed by atoms with Crippen LogP contribution in [0.2, 0.25) is 10.0 Å². The van der Waals surface area contributed by atoms with Crippen LogP contribution in [0, 0.1) is 0 Å². The van der Waals surface area contributed by atoms with E-state index in [0.29, 0.717) is 22.2 Å². The van der Waals surface area contributed by atoms with E-state index in [1.165, 1.54) is 0 Å². The van der Waals surface area contributed by atoms with E-state index in [1.807, 2.05) is 13.1 Å². The van der Waals surface area contributed by atoms with E-state index in [9.17, 15) is 0 Å². The van der Waals surface area contributed by atoms with Crippen molar-refractivity contribution in [3.63, 3.8) is 0 Å². The number of hydrogen-bond donors (Lipinski definition) is 1. The lowest BCUT2D eigenvalue weighted by atomic mass is 9.89. The maximum absolute atomic E-state index is 5.89. The highest BCUT2D eigenvalue weighted by molar-refractivity contribution is 6.42. The minimum Gasteiger partial charge on any atom is -0.490 e. The van der Waals surface area contributed by atoms with Crippen molar-refractivity contribution in [3.05, 3.63) is 28.2 Å². The number of halogens is 2.